The number of nitrogens with one attached hydrogen (secondary N) is 1. The second-order valence-electron chi connectivity index (χ2n) is 8.50. The largest absolute Gasteiger partial charge is 0.311 e. The number of aryl methyl sites for hydroxylation is 1. The van der Waals surface area contributed by atoms with E-state index in [-0.39, 0.29) is 29.8 Å². The number of aromatic nitrogens is 4. The Balaban J connectivity index is 1.39. The van der Waals surface area contributed by atoms with Crippen molar-refractivity contribution in [1.29, 1.82) is 0 Å². The minimum Gasteiger partial charge on any atom is -0.311 e. The quantitative estimate of drug-likeness (QED) is 0.496. The highest BCUT2D eigenvalue weighted by Crippen LogP contribution is 2.22. The highest BCUT2D eigenvalue weighted by Gasteiger charge is 2.14. The van der Waals surface area contributed by atoms with Crippen LogP contribution in [0, 0.1) is 0 Å². The molecule has 1 aromatic carbocycles. The number of thiophene rings is 1. The van der Waals surface area contributed by atoms with Crippen LogP contribution in [0.4, 0.5) is 5.82 Å². The summed E-state index contributed by atoms with van der Waals surface area (Å²) in [5, 5.41) is 9.66. The molecule has 0 aliphatic heterocycles. The van der Waals surface area contributed by atoms with Gasteiger partial charge in [0.2, 0.25) is 5.91 Å². The van der Waals surface area contributed by atoms with E-state index in [4.69, 9.17) is 0 Å². The SMILES string of the molecule is CC(C)(C)c1ccc(Cn2nccc2NC(=O)CCn2cnc3sccc3c2=O)cc1. The predicted molar refractivity (Wildman–Crippen MR) is 124 cm³/mol. The first kappa shape index (κ1) is 21.0. The van der Waals surface area contributed by atoms with Crippen LogP contribution in [-0.2, 0) is 23.3 Å². The Morgan fingerprint density at radius 3 is 2.65 bits per heavy atom. The third-order valence-corrected chi connectivity index (χ3v) is 5.99. The summed E-state index contributed by atoms with van der Waals surface area (Å²) >= 11 is 1.43. The zero-order valence-corrected chi connectivity index (χ0v) is 18.6. The maximum atomic E-state index is 12.5. The summed E-state index contributed by atoms with van der Waals surface area (Å²) < 4.78 is 3.23. The van der Waals surface area contributed by atoms with Crippen molar-refractivity contribution < 1.29 is 4.79 Å². The van der Waals surface area contributed by atoms with Gasteiger partial charge in [-0.2, -0.15) is 5.10 Å². The van der Waals surface area contributed by atoms with Gasteiger partial charge in [0, 0.05) is 19.0 Å². The molecule has 8 heteroatoms. The van der Waals surface area contributed by atoms with Gasteiger partial charge >= 0.3 is 0 Å². The van der Waals surface area contributed by atoms with Crippen molar-refractivity contribution in [2.45, 2.75) is 45.7 Å². The smallest absolute Gasteiger partial charge is 0.262 e. The van der Waals surface area contributed by atoms with Crippen LogP contribution in [0.2, 0.25) is 0 Å². The van der Waals surface area contributed by atoms with Crippen molar-refractivity contribution >= 4 is 33.3 Å². The Bertz CT molecular complexity index is 1260. The number of carbonyl (C=O) groups excluding carboxylic acids is 1. The maximum Gasteiger partial charge on any atom is 0.262 e. The molecule has 0 bridgehead atoms. The lowest BCUT2D eigenvalue weighted by atomic mass is 9.87. The van der Waals surface area contributed by atoms with E-state index in [0.29, 0.717) is 22.6 Å². The molecule has 0 spiro atoms. The van der Waals surface area contributed by atoms with E-state index in [9.17, 15) is 9.59 Å². The number of carbonyl (C=O) groups is 1. The molecule has 0 aliphatic rings. The van der Waals surface area contributed by atoms with Crippen LogP contribution in [-0.4, -0.2) is 25.2 Å². The Kier molecular flexibility index (Phi) is 5.73. The minimum absolute atomic E-state index is 0.106. The molecule has 1 amide bonds. The van der Waals surface area contributed by atoms with Crippen LogP contribution in [0.15, 0.2) is 59.1 Å². The number of anilines is 1. The number of amides is 1. The number of fused-ring (bicyclic) bond motifs is 1. The first-order chi connectivity index (χ1) is 14.8. The zero-order valence-electron chi connectivity index (χ0n) is 17.8. The van der Waals surface area contributed by atoms with Crippen LogP contribution in [0.25, 0.3) is 10.2 Å². The van der Waals surface area contributed by atoms with E-state index in [2.05, 4.69) is 60.4 Å². The topological polar surface area (TPSA) is 81.8 Å². The standard InChI is InChI=1S/C23H25N5O2S/c1-23(2,3)17-6-4-16(5-7-17)14-28-19(8-11-25-28)26-20(29)9-12-27-15-24-21-18(22(27)30)10-13-31-21/h4-8,10-11,13,15H,9,12,14H2,1-3H3,(H,26,29). The van der Waals surface area contributed by atoms with E-state index < -0.39 is 0 Å². The lowest BCUT2D eigenvalue weighted by molar-refractivity contribution is -0.116. The molecule has 0 fully saturated rings. The number of hydrogen-bond donors (Lipinski definition) is 1. The van der Waals surface area contributed by atoms with Crippen LogP contribution >= 0.6 is 11.3 Å². The lowest BCUT2D eigenvalue weighted by Gasteiger charge is -2.19. The number of rotatable bonds is 6. The van der Waals surface area contributed by atoms with Crippen LogP contribution in [0.3, 0.4) is 0 Å². The summed E-state index contributed by atoms with van der Waals surface area (Å²) in [6.45, 7) is 7.39. The average Bonchev–Trinajstić information content (AvgIpc) is 3.37. The lowest BCUT2D eigenvalue weighted by Crippen LogP contribution is -2.24. The average molecular weight is 436 g/mol. The van der Waals surface area contributed by atoms with E-state index in [1.165, 1.54) is 27.8 Å². The molecule has 0 saturated carbocycles. The molecule has 0 unspecified atom stereocenters. The van der Waals surface area contributed by atoms with Crippen molar-refractivity contribution in [1.82, 2.24) is 19.3 Å². The van der Waals surface area contributed by atoms with Gasteiger partial charge in [-0.25, -0.2) is 9.67 Å². The summed E-state index contributed by atoms with van der Waals surface area (Å²) in [4.78, 5) is 29.9. The van der Waals surface area contributed by atoms with Crippen LogP contribution in [0.5, 0.6) is 0 Å². The molecule has 0 atom stereocenters. The molecule has 1 N–H and O–H groups in total. The van der Waals surface area contributed by atoms with Crippen molar-refractivity contribution in [3.8, 4) is 0 Å². The highest BCUT2D eigenvalue weighted by atomic mass is 32.1. The van der Waals surface area contributed by atoms with E-state index in [0.717, 1.165) is 5.56 Å². The molecule has 31 heavy (non-hydrogen) atoms. The molecule has 0 radical (unpaired) electrons. The monoisotopic (exact) mass is 435 g/mol. The maximum absolute atomic E-state index is 12.5. The molecule has 3 aromatic heterocycles. The summed E-state index contributed by atoms with van der Waals surface area (Å²) in [6.07, 6.45) is 3.33. The fourth-order valence-corrected chi connectivity index (χ4v) is 4.05. The first-order valence-electron chi connectivity index (χ1n) is 10.1. The molecule has 7 nitrogen and oxygen atoms in total. The third kappa shape index (κ3) is 4.74. The number of hydrogen-bond acceptors (Lipinski definition) is 5. The van der Waals surface area contributed by atoms with Gasteiger partial charge in [0.25, 0.3) is 5.56 Å². The van der Waals surface area contributed by atoms with Gasteiger partial charge in [-0.15, -0.1) is 11.3 Å². The second-order valence-corrected chi connectivity index (χ2v) is 9.40. The van der Waals surface area contributed by atoms with Crippen molar-refractivity contribution in [2.75, 3.05) is 5.32 Å². The van der Waals surface area contributed by atoms with Gasteiger partial charge in [0.05, 0.1) is 24.5 Å². The fourth-order valence-electron chi connectivity index (χ4n) is 3.33. The number of benzene rings is 1. The van der Waals surface area contributed by atoms with Crippen molar-refractivity contribution in [2.24, 2.45) is 0 Å². The number of nitrogens with zero attached hydrogens (tertiary/aromatic N) is 4. The Morgan fingerprint density at radius 2 is 1.90 bits per heavy atom. The molecule has 4 aromatic rings. The summed E-state index contributed by atoms with van der Waals surface area (Å²) in [5.41, 5.74) is 2.36. The molecule has 4 rings (SSSR count). The Hall–Kier alpha value is -3.26. The first-order valence-corrected chi connectivity index (χ1v) is 11.0. The van der Waals surface area contributed by atoms with E-state index in [1.807, 2.05) is 5.38 Å². The molecule has 0 aliphatic carbocycles. The highest BCUT2D eigenvalue weighted by molar-refractivity contribution is 7.16. The second kappa shape index (κ2) is 8.47. The molecular formula is C23H25N5O2S. The van der Waals surface area contributed by atoms with Gasteiger partial charge in [0.15, 0.2) is 0 Å². The van der Waals surface area contributed by atoms with E-state index >= 15 is 0 Å². The van der Waals surface area contributed by atoms with Gasteiger partial charge in [-0.1, -0.05) is 45.0 Å². The van der Waals surface area contributed by atoms with Gasteiger partial charge < -0.3 is 5.32 Å². The molecule has 0 saturated heterocycles. The van der Waals surface area contributed by atoms with Gasteiger partial charge in [-0.05, 0) is 28.0 Å². The van der Waals surface area contributed by atoms with Crippen LogP contribution in [0.1, 0.15) is 38.3 Å². The van der Waals surface area contributed by atoms with Crippen molar-refractivity contribution in [3.63, 3.8) is 0 Å². The minimum atomic E-state index is -0.179. The Labute approximate surface area is 184 Å². The van der Waals surface area contributed by atoms with Crippen LogP contribution < -0.4 is 10.9 Å². The van der Waals surface area contributed by atoms with Crippen molar-refractivity contribution in [3.05, 3.63) is 75.8 Å². The molecule has 160 valence electrons. The molecule has 3 heterocycles. The summed E-state index contributed by atoms with van der Waals surface area (Å²) in [5.74, 6) is 0.450. The summed E-state index contributed by atoms with van der Waals surface area (Å²) in [7, 11) is 0. The fraction of sp³-hybridized carbons (Fsp3) is 0.304. The van der Waals surface area contributed by atoms with E-state index in [1.54, 1.807) is 23.0 Å². The zero-order chi connectivity index (χ0) is 22.0. The molecular weight excluding hydrogens is 410 g/mol. The van der Waals surface area contributed by atoms with Gasteiger partial charge in [-0.3, -0.25) is 14.2 Å². The Morgan fingerprint density at radius 1 is 1.13 bits per heavy atom. The third-order valence-electron chi connectivity index (χ3n) is 5.17. The predicted octanol–water partition coefficient (Wildman–Crippen LogP) is 4.03. The summed E-state index contributed by atoms with van der Waals surface area (Å²) in [6, 6.07) is 12.0. The normalized spacial score (nSPS) is 11.7. The van der Waals surface area contributed by atoms with Gasteiger partial charge in [0.1, 0.15) is 10.6 Å².